The summed E-state index contributed by atoms with van der Waals surface area (Å²) < 4.78 is 5.72. The van der Waals surface area contributed by atoms with Gasteiger partial charge in [-0.3, -0.25) is 0 Å². The van der Waals surface area contributed by atoms with Gasteiger partial charge in [-0.2, -0.15) is 0 Å². The maximum absolute atomic E-state index is 5.72. The minimum absolute atomic E-state index is 0.0897. The fraction of sp³-hybridized carbons (Fsp3) is 1.00. The molecule has 2 fully saturated rings. The Kier molecular flexibility index (Phi) is 3.68. The molecule has 0 aromatic carbocycles. The molecular formula is C13H25NO. The highest BCUT2D eigenvalue weighted by molar-refractivity contribution is 4.83. The van der Waals surface area contributed by atoms with Crippen LogP contribution in [0.3, 0.4) is 0 Å². The lowest BCUT2D eigenvalue weighted by Gasteiger charge is -2.36. The predicted molar refractivity (Wildman–Crippen MR) is 63.0 cm³/mol. The topological polar surface area (TPSA) is 21.3 Å². The first kappa shape index (κ1) is 11.4. The fourth-order valence-corrected chi connectivity index (χ4v) is 2.68. The second kappa shape index (κ2) is 4.84. The van der Waals surface area contributed by atoms with E-state index in [2.05, 4.69) is 19.2 Å². The Morgan fingerprint density at radius 3 is 2.67 bits per heavy atom. The minimum atomic E-state index is 0.0897. The van der Waals surface area contributed by atoms with Crippen LogP contribution in [0.1, 0.15) is 52.4 Å². The van der Waals surface area contributed by atoms with Gasteiger partial charge in [0.2, 0.25) is 0 Å². The summed E-state index contributed by atoms with van der Waals surface area (Å²) in [6, 6.07) is 0.689. The van der Waals surface area contributed by atoms with Crippen molar-refractivity contribution >= 4 is 0 Å². The van der Waals surface area contributed by atoms with E-state index in [4.69, 9.17) is 4.74 Å². The number of ether oxygens (including phenoxy) is 1. The van der Waals surface area contributed by atoms with E-state index >= 15 is 0 Å². The third-order valence-electron chi connectivity index (χ3n) is 3.91. The first-order chi connectivity index (χ1) is 7.16. The van der Waals surface area contributed by atoms with Gasteiger partial charge < -0.3 is 10.1 Å². The van der Waals surface area contributed by atoms with E-state index in [9.17, 15) is 0 Å². The quantitative estimate of drug-likeness (QED) is 0.772. The lowest BCUT2D eigenvalue weighted by Crippen LogP contribution is -2.44. The van der Waals surface area contributed by atoms with Crippen LogP contribution in [0.4, 0.5) is 0 Å². The summed E-state index contributed by atoms with van der Waals surface area (Å²) in [7, 11) is 0. The monoisotopic (exact) mass is 211 g/mol. The van der Waals surface area contributed by atoms with Gasteiger partial charge in [0.1, 0.15) is 0 Å². The Bertz CT molecular complexity index is 199. The number of hydrogen-bond donors (Lipinski definition) is 1. The zero-order valence-electron chi connectivity index (χ0n) is 10.2. The molecule has 2 aliphatic rings. The molecule has 1 heterocycles. The van der Waals surface area contributed by atoms with Crippen LogP contribution < -0.4 is 5.32 Å². The summed E-state index contributed by atoms with van der Waals surface area (Å²) in [5.74, 6) is 1.03. The Hall–Kier alpha value is -0.0800. The largest absolute Gasteiger partial charge is 0.375 e. The van der Waals surface area contributed by atoms with Crippen LogP contribution in [0.25, 0.3) is 0 Å². The van der Waals surface area contributed by atoms with Gasteiger partial charge in [-0.25, -0.2) is 0 Å². The van der Waals surface area contributed by atoms with Gasteiger partial charge in [-0.05, 0) is 45.6 Å². The Balaban J connectivity index is 1.61. The van der Waals surface area contributed by atoms with E-state index in [0.717, 1.165) is 18.9 Å². The van der Waals surface area contributed by atoms with Crippen LogP contribution in [0.5, 0.6) is 0 Å². The smallest absolute Gasteiger partial charge is 0.0641 e. The first-order valence-electron chi connectivity index (χ1n) is 6.53. The summed E-state index contributed by atoms with van der Waals surface area (Å²) in [5.41, 5.74) is 0.0897. The van der Waals surface area contributed by atoms with Crippen molar-refractivity contribution in [3.8, 4) is 0 Å². The molecule has 88 valence electrons. The Morgan fingerprint density at radius 2 is 2.07 bits per heavy atom. The molecule has 0 aromatic heterocycles. The third kappa shape index (κ3) is 3.46. The average molecular weight is 211 g/mol. The van der Waals surface area contributed by atoms with Gasteiger partial charge >= 0.3 is 0 Å². The highest BCUT2D eigenvalue weighted by Gasteiger charge is 2.28. The van der Waals surface area contributed by atoms with Gasteiger partial charge in [-0.1, -0.05) is 19.3 Å². The predicted octanol–water partition coefficient (Wildman–Crippen LogP) is 2.72. The third-order valence-corrected chi connectivity index (χ3v) is 3.91. The molecule has 1 N–H and O–H groups in total. The van der Waals surface area contributed by atoms with Crippen molar-refractivity contribution in [2.75, 3.05) is 13.2 Å². The number of nitrogens with one attached hydrogen (secondary N) is 1. The summed E-state index contributed by atoms with van der Waals surface area (Å²) in [4.78, 5) is 0. The summed E-state index contributed by atoms with van der Waals surface area (Å²) in [6.45, 7) is 6.54. The molecule has 2 heteroatoms. The van der Waals surface area contributed by atoms with Gasteiger partial charge in [-0.15, -0.1) is 0 Å². The lowest BCUT2D eigenvalue weighted by atomic mass is 9.83. The normalized spacial score (nSPS) is 31.2. The first-order valence-corrected chi connectivity index (χ1v) is 6.53. The summed E-state index contributed by atoms with van der Waals surface area (Å²) in [6.07, 6.45) is 8.15. The van der Waals surface area contributed by atoms with Crippen LogP contribution in [-0.2, 0) is 4.74 Å². The van der Waals surface area contributed by atoms with E-state index in [1.165, 1.54) is 38.6 Å². The molecule has 0 spiro atoms. The van der Waals surface area contributed by atoms with E-state index in [0.29, 0.717) is 6.04 Å². The Labute approximate surface area is 93.8 Å². The molecule has 1 atom stereocenters. The molecule has 15 heavy (non-hydrogen) atoms. The summed E-state index contributed by atoms with van der Waals surface area (Å²) >= 11 is 0. The molecule has 1 saturated carbocycles. The van der Waals surface area contributed by atoms with E-state index in [-0.39, 0.29) is 5.60 Å². The molecule has 1 aliphatic heterocycles. The van der Waals surface area contributed by atoms with Crippen molar-refractivity contribution in [1.29, 1.82) is 0 Å². The number of rotatable bonds is 4. The average Bonchev–Trinajstić information content (AvgIpc) is 2.08. The van der Waals surface area contributed by atoms with Gasteiger partial charge in [0.25, 0.3) is 0 Å². The van der Waals surface area contributed by atoms with Crippen LogP contribution in [0.15, 0.2) is 0 Å². The van der Waals surface area contributed by atoms with E-state index < -0.39 is 0 Å². The van der Waals surface area contributed by atoms with Crippen molar-refractivity contribution in [3.05, 3.63) is 0 Å². The van der Waals surface area contributed by atoms with Crippen molar-refractivity contribution in [2.24, 2.45) is 5.92 Å². The maximum atomic E-state index is 5.72. The second-order valence-corrected chi connectivity index (χ2v) is 5.84. The zero-order chi connectivity index (χ0) is 10.7. The van der Waals surface area contributed by atoms with Crippen LogP contribution in [0.2, 0.25) is 0 Å². The molecule has 1 aliphatic carbocycles. The highest BCUT2D eigenvalue weighted by atomic mass is 16.5. The lowest BCUT2D eigenvalue weighted by molar-refractivity contribution is -0.0629. The molecule has 2 nitrogen and oxygen atoms in total. The highest BCUT2D eigenvalue weighted by Crippen LogP contribution is 2.29. The molecule has 0 bridgehead atoms. The van der Waals surface area contributed by atoms with Gasteiger partial charge in [0.15, 0.2) is 0 Å². The molecule has 0 aromatic rings. The SMILES string of the molecule is CC1(C)CC(NCCC2CCC2)CCO1. The van der Waals surface area contributed by atoms with Crippen LogP contribution in [0, 0.1) is 5.92 Å². The van der Waals surface area contributed by atoms with Crippen LogP contribution in [-0.4, -0.2) is 24.8 Å². The maximum Gasteiger partial charge on any atom is 0.0641 e. The molecular weight excluding hydrogens is 186 g/mol. The van der Waals surface area contributed by atoms with E-state index in [1.54, 1.807) is 0 Å². The molecule has 0 radical (unpaired) electrons. The van der Waals surface area contributed by atoms with Crippen molar-refractivity contribution < 1.29 is 4.74 Å². The molecule has 0 amide bonds. The van der Waals surface area contributed by atoms with Crippen molar-refractivity contribution in [2.45, 2.75) is 64.0 Å². The van der Waals surface area contributed by atoms with E-state index in [1.807, 2.05) is 0 Å². The van der Waals surface area contributed by atoms with Crippen LogP contribution >= 0.6 is 0 Å². The molecule has 2 rings (SSSR count). The zero-order valence-corrected chi connectivity index (χ0v) is 10.2. The molecule has 1 saturated heterocycles. The Morgan fingerprint density at radius 1 is 1.27 bits per heavy atom. The minimum Gasteiger partial charge on any atom is -0.375 e. The van der Waals surface area contributed by atoms with Gasteiger partial charge in [0, 0.05) is 12.6 Å². The van der Waals surface area contributed by atoms with Crippen molar-refractivity contribution in [1.82, 2.24) is 5.32 Å². The van der Waals surface area contributed by atoms with Gasteiger partial charge in [0.05, 0.1) is 5.60 Å². The number of hydrogen-bond acceptors (Lipinski definition) is 2. The van der Waals surface area contributed by atoms with Crippen molar-refractivity contribution in [3.63, 3.8) is 0 Å². The fourth-order valence-electron chi connectivity index (χ4n) is 2.68. The molecule has 1 unspecified atom stereocenters. The second-order valence-electron chi connectivity index (χ2n) is 5.84. The summed E-state index contributed by atoms with van der Waals surface area (Å²) in [5, 5.41) is 3.70. The standard InChI is InChI=1S/C13H25NO/c1-13(2)10-12(7-9-15-13)14-8-6-11-4-3-5-11/h11-12,14H,3-10H2,1-2H3.